The van der Waals surface area contributed by atoms with E-state index in [9.17, 15) is 0 Å². The second-order valence-corrected chi connectivity index (χ2v) is 3.68. The standard InChI is InChI=1S/C9H14N4OS/c1-13(2)5-6-14-9-11-4-3-7(12-9)8(10)15/h3-4H,5-6H2,1-2H3,(H2,10,15). The SMILES string of the molecule is CN(C)CCOc1nccc(C(N)=S)n1. The van der Waals surface area contributed by atoms with Gasteiger partial charge in [-0.05, 0) is 20.2 Å². The lowest BCUT2D eigenvalue weighted by molar-refractivity contribution is 0.245. The Bertz CT molecular complexity index is 343. The highest BCUT2D eigenvalue weighted by Crippen LogP contribution is 2.02. The minimum Gasteiger partial charge on any atom is -0.462 e. The summed E-state index contributed by atoms with van der Waals surface area (Å²) in [6.07, 6.45) is 1.58. The first-order valence-electron chi connectivity index (χ1n) is 4.50. The molecule has 6 heteroatoms. The molecule has 5 nitrogen and oxygen atoms in total. The molecule has 0 aliphatic carbocycles. The summed E-state index contributed by atoms with van der Waals surface area (Å²) in [5.41, 5.74) is 5.96. The molecule has 0 atom stereocenters. The van der Waals surface area contributed by atoms with Crippen LogP contribution >= 0.6 is 12.2 Å². The van der Waals surface area contributed by atoms with Crippen LogP contribution in [0.5, 0.6) is 6.01 Å². The molecule has 0 fully saturated rings. The first-order chi connectivity index (χ1) is 7.09. The maximum atomic E-state index is 5.44. The quantitative estimate of drug-likeness (QED) is 0.716. The van der Waals surface area contributed by atoms with Crippen LogP contribution in [0.3, 0.4) is 0 Å². The lowest BCUT2D eigenvalue weighted by Crippen LogP contribution is -2.20. The maximum absolute atomic E-state index is 5.44. The van der Waals surface area contributed by atoms with Crippen molar-refractivity contribution >= 4 is 17.2 Å². The van der Waals surface area contributed by atoms with Gasteiger partial charge in [-0.15, -0.1) is 0 Å². The highest BCUT2D eigenvalue weighted by atomic mass is 32.1. The van der Waals surface area contributed by atoms with E-state index in [1.165, 1.54) is 0 Å². The van der Waals surface area contributed by atoms with Crippen LogP contribution in [0, 0.1) is 0 Å². The van der Waals surface area contributed by atoms with Crippen molar-refractivity contribution in [3.8, 4) is 6.01 Å². The molecule has 0 aromatic carbocycles. The van der Waals surface area contributed by atoms with Crippen molar-refractivity contribution in [2.75, 3.05) is 27.2 Å². The van der Waals surface area contributed by atoms with Crippen LogP contribution in [0.4, 0.5) is 0 Å². The lowest BCUT2D eigenvalue weighted by Gasteiger charge is -2.09. The first-order valence-corrected chi connectivity index (χ1v) is 4.91. The average molecular weight is 226 g/mol. The Morgan fingerprint density at radius 1 is 1.60 bits per heavy atom. The Labute approximate surface area is 94.3 Å². The number of likely N-dealkylation sites (N-methyl/N-ethyl adjacent to an activating group) is 1. The fourth-order valence-corrected chi connectivity index (χ4v) is 0.981. The predicted molar refractivity (Wildman–Crippen MR) is 62.0 cm³/mol. The number of nitrogens with zero attached hydrogens (tertiary/aromatic N) is 3. The van der Waals surface area contributed by atoms with E-state index in [0.29, 0.717) is 18.3 Å². The number of aromatic nitrogens is 2. The van der Waals surface area contributed by atoms with Gasteiger partial charge in [0.2, 0.25) is 0 Å². The summed E-state index contributed by atoms with van der Waals surface area (Å²) in [4.78, 5) is 10.3. The molecule has 0 radical (unpaired) electrons. The van der Waals surface area contributed by atoms with Crippen molar-refractivity contribution in [1.29, 1.82) is 0 Å². The van der Waals surface area contributed by atoms with Crippen LogP contribution in [0.2, 0.25) is 0 Å². The Morgan fingerprint density at radius 3 is 2.93 bits per heavy atom. The normalized spacial score (nSPS) is 10.3. The first kappa shape index (κ1) is 11.8. The van der Waals surface area contributed by atoms with Gasteiger partial charge in [-0.1, -0.05) is 12.2 Å². The van der Waals surface area contributed by atoms with Crippen molar-refractivity contribution < 1.29 is 4.74 Å². The molecular formula is C9H14N4OS. The number of rotatable bonds is 5. The average Bonchev–Trinajstić information content (AvgIpc) is 2.17. The van der Waals surface area contributed by atoms with Crippen molar-refractivity contribution in [2.24, 2.45) is 5.73 Å². The molecule has 0 spiro atoms. The van der Waals surface area contributed by atoms with E-state index in [2.05, 4.69) is 9.97 Å². The summed E-state index contributed by atoms with van der Waals surface area (Å²) >= 11 is 4.80. The zero-order valence-corrected chi connectivity index (χ0v) is 9.62. The van der Waals surface area contributed by atoms with Gasteiger partial charge in [0, 0.05) is 12.7 Å². The largest absolute Gasteiger partial charge is 0.462 e. The van der Waals surface area contributed by atoms with E-state index >= 15 is 0 Å². The summed E-state index contributed by atoms with van der Waals surface area (Å²) in [5.74, 6) is 0. The van der Waals surface area contributed by atoms with Crippen molar-refractivity contribution in [1.82, 2.24) is 14.9 Å². The molecule has 15 heavy (non-hydrogen) atoms. The van der Waals surface area contributed by atoms with Gasteiger partial charge in [0.15, 0.2) is 0 Å². The van der Waals surface area contributed by atoms with Gasteiger partial charge in [-0.3, -0.25) is 0 Å². The summed E-state index contributed by atoms with van der Waals surface area (Å²) in [7, 11) is 3.94. The van der Waals surface area contributed by atoms with Gasteiger partial charge in [0.05, 0.1) is 0 Å². The van der Waals surface area contributed by atoms with E-state index in [4.69, 9.17) is 22.7 Å². The molecule has 0 aliphatic rings. The Morgan fingerprint density at radius 2 is 2.33 bits per heavy atom. The fourth-order valence-electron chi connectivity index (χ4n) is 0.867. The molecule has 1 aromatic rings. The highest BCUT2D eigenvalue weighted by Gasteiger charge is 2.02. The van der Waals surface area contributed by atoms with Crippen molar-refractivity contribution in [2.45, 2.75) is 0 Å². The number of ether oxygens (including phenoxy) is 1. The topological polar surface area (TPSA) is 64.3 Å². The molecule has 0 saturated heterocycles. The summed E-state index contributed by atoms with van der Waals surface area (Å²) in [6, 6.07) is 1.96. The molecule has 0 unspecified atom stereocenters. The second kappa shape index (κ2) is 5.57. The smallest absolute Gasteiger partial charge is 0.317 e. The Hall–Kier alpha value is -1.27. The van der Waals surface area contributed by atoms with E-state index in [1.54, 1.807) is 12.3 Å². The van der Waals surface area contributed by atoms with Crippen molar-refractivity contribution in [3.05, 3.63) is 18.0 Å². The number of thiocarbonyl (C=S) groups is 1. The van der Waals surface area contributed by atoms with Crippen LogP contribution < -0.4 is 10.5 Å². The van der Waals surface area contributed by atoms with Gasteiger partial charge >= 0.3 is 6.01 Å². The van der Waals surface area contributed by atoms with Gasteiger partial charge in [-0.25, -0.2) is 4.98 Å². The molecule has 82 valence electrons. The minimum atomic E-state index is 0.245. The third-order valence-corrected chi connectivity index (χ3v) is 1.86. The Balaban J connectivity index is 2.54. The molecule has 1 rings (SSSR count). The number of hydrogen-bond donors (Lipinski definition) is 1. The molecule has 1 heterocycles. The van der Waals surface area contributed by atoms with Crippen LogP contribution in [-0.4, -0.2) is 47.1 Å². The molecule has 0 aliphatic heterocycles. The monoisotopic (exact) mass is 226 g/mol. The van der Waals surface area contributed by atoms with E-state index in [-0.39, 0.29) is 4.99 Å². The highest BCUT2D eigenvalue weighted by molar-refractivity contribution is 7.80. The zero-order valence-electron chi connectivity index (χ0n) is 8.80. The summed E-state index contributed by atoms with van der Waals surface area (Å²) in [5, 5.41) is 0. The molecular weight excluding hydrogens is 212 g/mol. The molecule has 1 aromatic heterocycles. The van der Waals surface area contributed by atoms with Crippen LogP contribution in [0.1, 0.15) is 5.69 Å². The maximum Gasteiger partial charge on any atom is 0.317 e. The molecule has 0 amide bonds. The van der Waals surface area contributed by atoms with Gasteiger partial charge in [0.25, 0.3) is 0 Å². The lowest BCUT2D eigenvalue weighted by atomic mass is 10.4. The summed E-state index contributed by atoms with van der Waals surface area (Å²) < 4.78 is 5.33. The third-order valence-electron chi connectivity index (χ3n) is 1.66. The van der Waals surface area contributed by atoms with Gasteiger partial charge < -0.3 is 15.4 Å². The van der Waals surface area contributed by atoms with Crippen LogP contribution in [0.15, 0.2) is 12.3 Å². The Kier molecular flexibility index (Phi) is 4.38. The van der Waals surface area contributed by atoms with E-state index in [0.717, 1.165) is 6.54 Å². The number of nitrogens with two attached hydrogens (primary N) is 1. The minimum absolute atomic E-state index is 0.245. The molecule has 2 N–H and O–H groups in total. The molecule has 0 saturated carbocycles. The third kappa shape index (κ3) is 4.18. The van der Waals surface area contributed by atoms with Crippen LogP contribution in [-0.2, 0) is 0 Å². The molecule has 0 bridgehead atoms. The van der Waals surface area contributed by atoms with Crippen molar-refractivity contribution in [3.63, 3.8) is 0 Å². The predicted octanol–water partition coefficient (Wildman–Crippen LogP) is 0.0512. The fraction of sp³-hybridized carbons (Fsp3) is 0.444. The van der Waals surface area contributed by atoms with E-state index < -0.39 is 0 Å². The van der Waals surface area contributed by atoms with Crippen LogP contribution in [0.25, 0.3) is 0 Å². The van der Waals surface area contributed by atoms with Gasteiger partial charge in [-0.2, -0.15) is 4.98 Å². The zero-order chi connectivity index (χ0) is 11.3. The second-order valence-electron chi connectivity index (χ2n) is 3.24. The van der Waals surface area contributed by atoms with Gasteiger partial charge in [0.1, 0.15) is 17.3 Å². The van der Waals surface area contributed by atoms with E-state index in [1.807, 2.05) is 19.0 Å². The summed E-state index contributed by atoms with van der Waals surface area (Å²) in [6.45, 7) is 1.34. The number of hydrogen-bond acceptors (Lipinski definition) is 5.